The number of hydrogen-bond donors (Lipinski definition) is 1. The van der Waals surface area contributed by atoms with Gasteiger partial charge in [-0.3, -0.25) is 9.78 Å². The van der Waals surface area contributed by atoms with E-state index in [0.29, 0.717) is 6.54 Å². The predicted molar refractivity (Wildman–Crippen MR) is 90.2 cm³/mol. The lowest BCUT2D eigenvalue weighted by Crippen LogP contribution is -2.41. The van der Waals surface area contributed by atoms with Crippen molar-refractivity contribution in [1.29, 1.82) is 0 Å². The number of halogens is 1. The van der Waals surface area contributed by atoms with Crippen LogP contribution in [0, 0.1) is 5.82 Å². The van der Waals surface area contributed by atoms with Crippen molar-refractivity contribution < 1.29 is 9.18 Å². The third kappa shape index (κ3) is 3.03. The fraction of sp³-hybridized carbons (Fsp3) is 0.211. The SMILES string of the molecule is O=C(Cc1ccc(F)cc1)N1CCc2[nH]cnc2[C@@H]1c1ccncc1. The molecule has 1 aromatic carbocycles. The van der Waals surface area contributed by atoms with Crippen LogP contribution < -0.4 is 0 Å². The van der Waals surface area contributed by atoms with Crippen LogP contribution in [0.4, 0.5) is 4.39 Å². The molecule has 25 heavy (non-hydrogen) atoms. The Morgan fingerprint density at radius 3 is 2.72 bits per heavy atom. The summed E-state index contributed by atoms with van der Waals surface area (Å²) >= 11 is 0. The summed E-state index contributed by atoms with van der Waals surface area (Å²) in [5.41, 5.74) is 3.72. The minimum atomic E-state index is -0.301. The molecule has 5 nitrogen and oxygen atoms in total. The van der Waals surface area contributed by atoms with Crippen molar-refractivity contribution >= 4 is 5.91 Å². The number of hydrogen-bond acceptors (Lipinski definition) is 3. The van der Waals surface area contributed by atoms with Crippen LogP contribution in [0.3, 0.4) is 0 Å². The summed E-state index contributed by atoms with van der Waals surface area (Å²) in [6.45, 7) is 0.613. The van der Waals surface area contributed by atoms with E-state index >= 15 is 0 Å². The van der Waals surface area contributed by atoms with E-state index in [9.17, 15) is 9.18 Å². The molecule has 1 amide bonds. The highest BCUT2D eigenvalue weighted by Crippen LogP contribution is 2.33. The molecule has 3 heterocycles. The fourth-order valence-electron chi connectivity index (χ4n) is 3.31. The second-order valence-corrected chi connectivity index (χ2v) is 6.09. The first-order chi connectivity index (χ1) is 12.2. The predicted octanol–water partition coefficient (Wildman–Crippen LogP) is 2.66. The zero-order valence-electron chi connectivity index (χ0n) is 13.5. The molecule has 1 atom stereocenters. The van der Waals surface area contributed by atoms with Gasteiger partial charge < -0.3 is 9.88 Å². The van der Waals surface area contributed by atoms with E-state index < -0.39 is 0 Å². The molecule has 1 aliphatic rings. The molecular formula is C19H17FN4O. The van der Waals surface area contributed by atoms with Crippen molar-refractivity contribution in [1.82, 2.24) is 19.9 Å². The Hall–Kier alpha value is -3.02. The Morgan fingerprint density at radius 2 is 1.96 bits per heavy atom. The number of fused-ring (bicyclic) bond motifs is 1. The van der Waals surface area contributed by atoms with Gasteiger partial charge in [-0.2, -0.15) is 0 Å². The second-order valence-electron chi connectivity index (χ2n) is 6.09. The molecule has 2 aromatic heterocycles. The van der Waals surface area contributed by atoms with Gasteiger partial charge >= 0.3 is 0 Å². The number of nitrogens with zero attached hydrogens (tertiary/aromatic N) is 3. The van der Waals surface area contributed by atoms with Gasteiger partial charge in [0.1, 0.15) is 11.9 Å². The molecule has 0 saturated heterocycles. The number of rotatable bonds is 3. The normalized spacial score (nSPS) is 16.5. The highest BCUT2D eigenvalue weighted by atomic mass is 19.1. The number of imidazole rings is 1. The molecule has 6 heteroatoms. The number of amides is 1. The topological polar surface area (TPSA) is 61.9 Å². The third-order valence-corrected chi connectivity index (χ3v) is 4.54. The molecule has 1 aliphatic heterocycles. The maximum absolute atomic E-state index is 13.1. The first kappa shape index (κ1) is 15.5. The summed E-state index contributed by atoms with van der Waals surface area (Å²) < 4.78 is 13.1. The number of carbonyl (C=O) groups is 1. The fourth-order valence-corrected chi connectivity index (χ4v) is 3.31. The Morgan fingerprint density at radius 1 is 1.20 bits per heavy atom. The molecule has 0 aliphatic carbocycles. The second kappa shape index (κ2) is 6.47. The van der Waals surface area contributed by atoms with E-state index in [4.69, 9.17) is 0 Å². The molecule has 1 N–H and O–H groups in total. The lowest BCUT2D eigenvalue weighted by Gasteiger charge is -2.35. The Balaban J connectivity index is 1.65. The number of nitrogens with one attached hydrogen (secondary N) is 1. The van der Waals surface area contributed by atoms with Crippen molar-refractivity contribution in [2.24, 2.45) is 0 Å². The van der Waals surface area contributed by atoms with Crippen LogP contribution >= 0.6 is 0 Å². The van der Waals surface area contributed by atoms with Crippen LogP contribution in [0.15, 0.2) is 55.1 Å². The molecule has 0 bridgehead atoms. The highest BCUT2D eigenvalue weighted by Gasteiger charge is 2.33. The van der Waals surface area contributed by atoms with Gasteiger partial charge in [0.25, 0.3) is 0 Å². The largest absolute Gasteiger partial charge is 0.348 e. The zero-order chi connectivity index (χ0) is 17.2. The molecule has 3 aromatic rings. The average molecular weight is 336 g/mol. The van der Waals surface area contributed by atoms with Crippen LogP contribution in [0.5, 0.6) is 0 Å². The van der Waals surface area contributed by atoms with Gasteiger partial charge in [0.2, 0.25) is 5.91 Å². The zero-order valence-corrected chi connectivity index (χ0v) is 13.5. The van der Waals surface area contributed by atoms with Crippen LogP contribution in [-0.2, 0) is 17.6 Å². The van der Waals surface area contributed by atoms with Gasteiger partial charge in [-0.1, -0.05) is 12.1 Å². The van der Waals surface area contributed by atoms with Crippen molar-refractivity contribution in [3.63, 3.8) is 0 Å². The molecular weight excluding hydrogens is 319 g/mol. The van der Waals surface area contributed by atoms with Crippen LogP contribution in [0.25, 0.3) is 0 Å². The van der Waals surface area contributed by atoms with E-state index in [1.807, 2.05) is 17.0 Å². The molecule has 0 saturated carbocycles. The lowest BCUT2D eigenvalue weighted by atomic mass is 9.95. The number of aromatic nitrogens is 3. The number of pyridine rings is 1. The van der Waals surface area contributed by atoms with Gasteiger partial charge in [0.15, 0.2) is 0 Å². The van der Waals surface area contributed by atoms with E-state index in [0.717, 1.165) is 28.9 Å². The molecule has 4 rings (SSSR count). The van der Waals surface area contributed by atoms with Gasteiger partial charge in [-0.15, -0.1) is 0 Å². The summed E-state index contributed by atoms with van der Waals surface area (Å²) in [6.07, 6.45) is 6.10. The maximum Gasteiger partial charge on any atom is 0.227 e. The summed E-state index contributed by atoms with van der Waals surface area (Å²) in [5, 5.41) is 0. The van der Waals surface area contributed by atoms with Gasteiger partial charge in [0, 0.05) is 31.1 Å². The smallest absolute Gasteiger partial charge is 0.227 e. The Kier molecular flexibility index (Phi) is 4.01. The van der Waals surface area contributed by atoms with E-state index in [1.54, 1.807) is 30.9 Å². The average Bonchev–Trinajstić information content (AvgIpc) is 3.12. The third-order valence-electron chi connectivity index (χ3n) is 4.54. The highest BCUT2D eigenvalue weighted by molar-refractivity contribution is 5.80. The van der Waals surface area contributed by atoms with Crippen LogP contribution in [0.1, 0.15) is 28.6 Å². The first-order valence-electron chi connectivity index (χ1n) is 8.18. The van der Waals surface area contributed by atoms with Crippen molar-refractivity contribution in [2.75, 3.05) is 6.54 Å². The Labute approximate surface area is 144 Å². The number of benzene rings is 1. The quantitative estimate of drug-likeness (QED) is 0.800. The van der Waals surface area contributed by atoms with Gasteiger partial charge in [-0.05, 0) is 35.4 Å². The minimum absolute atomic E-state index is 0.00192. The van der Waals surface area contributed by atoms with Crippen molar-refractivity contribution in [2.45, 2.75) is 18.9 Å². The van der Waals surface area contributed by atoms with Crippen LogP contribution in [0.2, 0.25) is 0 Å². The van der Waals surface area contributed by atoms with E-state index in [2.05, 4.69) is 15.0 Å². The summed E-state index contributed by atoms with van der Waals surface area (Å²) in [4.78, 5) is 26.5. The number of H-pyrrole nitrogens is 1. The molecule has 126 valence electrons. The van der Waals surface area contributed by atoms with E-state index in [-0.39, 0.29) is 24.2 Å². The summed E-state index contributed by atoms with van der Waals surface area (Å²) in [6, 6.07) is 9.65. The van der Waals surface area contributed by atoms with E-state index in [1.165, 1.54) is 12.1 Å². The Bertz CT molecular complexity index is 876. The summed E-state index contributed by atoms with van der Waals surface area (Å²) in [5.74, 6) is -0.299. The molecule has 0 radical (unpaired) electrons. The lowest BCUT2D eigenvalue weighted by molar-refractivity contribution is -0.132. The maximum atomic E-state index is 13.1. The molecule has 0 spiro atoms. The molecule has 0 unspecified atom stereocenters. The number of aromatic amines is 1. The summed E-state index contributed by atoms with van der Waals surface area (Å²) in [7, 11) is 0. The van der Waals surface area contributed by atoms with Crippen LogP contribution in [-0.4, -0.2) is 32.3 Å². The van der Waals surface area contributed by atoms with Gasteiger partial charge in [0.05, 0.1) is 18.4 Å². The van der Waals surface area contributed by atoms with Gasteiger partial charge in [-0.25, -0.2) is 9.37 Å². The minimum Gasteiger partial charge on any atom is -0.348 e. The number of carbonyl (C=O) groups excluding carboxylic acids is 1. The first-order valence-corrected chi connectivity index (χ1v) is 8.18. The van der Waals surface area contributed by atoms with Crippen molar-refractivity contribution in [3.05, 3.63) is 83.5 Å². The monoisotopic (exact) mass is 336 g/mol. The standard InChI is InChI=1S/C19H17FN4O/c20-15-3-1-13(2-4-15)11-17(25)24-10-7-16-18(23-12-22-16)19(24)14-5-8-21-9-6-14/h1-6,8-9,12,19H,7,10-11H2,(H,22,23)/t19-/m0/s1. The van der Waals surface area contributed by atoms with Crippen molar-refractivity contribution in [3.8, 4) is 0 Å². The molecule has 0 fully saturated rings.